The normalized spacial score (nSPS) is 14.3. The lowest BCUT2D eigenvalue weighted by atomic mass is 10.1. The summed E-state index contributed by atoms with van der Waals surface area (Å²) in [5.41, 5.74) is 2.71. The van der Waals surface area contributed by atoms with Crippen LogP contribution in [-0.4, -0.2) is 30.6 Å². The topological polar surface area (TPSA) is 63.2 Å². The maximum absolute atomic E-state index is 12.3. The van der Waals surface area contributed by atoms with E-state index in [1.165, 1.54) is 18.4 Å². The second-order valence-electron chi connectivity index (χ2n) is 6.44. The zero-order chi connectivity index (χ0) is 17.5. The Labute approximate surface area is 148 Å². The van der Waals surface area contributed by atoms with Crippen LogP contribution in [0.15, 0.2) is 42.7 Å². The fourth-order valence-corrected chi connectivity index (χ4v) is 3.14. The highest BCUT2D eigenvalue weighted by atomic mass is 16.5. The minimum Gasteiger partial charge on any atom is -0.497 e. The standard InChI is InChI=1S/C20H25N3O2/c1-25-19-8-6-15(7-9-19)10-11-22-18-12-16(13-21-14-18)20(24)23-17-4-2-3-5-17/h6-9,12-14,17,22H,2-5,10-11H2,1H3,(H,23,24). The van der Waals surface area contributed by atoms with Crippen molar-refractivity contribution >= 4 is 11.6 Å². The maximum Gasteiger partial charge on any atom is 0.253 e. The Morgan fingerprint density at radius 3 is 2.68 bits per heavy atom. The molecule has 5 heteroatoms. The predicted molar refractivity (Wildman–Crippen MR) is 99.1 cm³/mol. The molecule has 1 aliphatic carbocycles. The Hall–Kier alpha value is -2.56. The number of benzene rings is 1. The molecular weight excluding hydrogens is 314 g/mol. The van der Waals surface area contributed by atoms with E-state index in [0.29, 0.717) is 11.6 Å². The first-order valence-corrected chi connectivity index (χ1v) is 8.87. The number of carbonyl (C=O) groups excluding carboxylic acids is 1. The van der Waals surface area contributed by atoms with E-state index in [-0.39, 0.29) is 5.91 Å². The number of amides is 1. The van der Waals surface area contributed by atoms with E-state index in [9.17, 15) is 4.79 Å². The first kappa shape index (κ1) is 17.3. The van der Waals surface area contributed by atoms with Gasteiger partial charge in [0.15, 0.2) is 0 Å². The van der Waals surface area contributed by atoms with Gasteiger partial charge in [-0.1, -0.05) is 25.0 Å². The Bertz CT molecular complexity index is 694. The zero-order valence-electron chi connectivity index (χ0n) is 14.6. The van der Waals surface area contributed by atoms with Crippen molar-refractivity contribution in [3.63, 3.8) is 0 Å². The summed E-state index contributed by atoms with van der Waals surface area (Å²) in [6.07, 6.45) is 8.84. The number of nitrogens with one attached hydrogen (secondary N) is 2. The molecular formula is C20H25N3O2. The number of nitrogens with zero attached hydrogens (tertiary/aromatic N) is 1. The van der Waals surface area contributed by atoms with Gasteiger partial charge in [0.05, 0.1) is 18.4 Å². The van der Waals surface area contributed by atoms with Crippen molar-refractivity contribution < 1.29 is 9.53 Å². The minimum atomic E-state index is -0.0294. The average Bonchev–Trinajstić information content (AvgIpc) is 3.15. The summed E-state index contributed by atoms with van der Waals surface area (Å²) >= 11 is 0. The van der Waals surface area contributed by atoms with Gasteiger partial charge in [-0.3, -0.25) is 9.78 Å². The van der Waals surface area contributed by atoms with Crippen LogP contribution in [-0.2, 0) is 6.42 Å². The quantitative estimate of drug-likeness (QED) is 0.811. The largest absolute Gasteiger partial charge is 0.497 e. The zero-order valence-corrected chi connectivity index (χ0v) is 14.6. The number of pyridine rings is 1. The van der Waals surface area contributed by atoms with Gasteiger partial charge < -0.3 is 15.4 Å². The predicted octanol–water partition coefficient (Wildman–Crippen LogP) is 3.42. The third-order valence-corrected chi connectivity index (χ3v) is 4.59. The van der Waals surface area contributed by atoms with Crippen LogP contribution in [0.5, 0.6) is 5.75 Å². The van der Waals surface area contributed by atoms with Crippen molar-refractivity contribution in [2.24, 2.45) is 0 Å². The number of hydrogen-bond acceptors (Lipinski definition) is 4. The summed E-state index contributed by atoms with van der Waals surface area (Å²) in [4.78, 5) is 16.5. The van der Waals surface area contributed by atoms with E-state index in [1.807, 2.05) is 18.2 Å². The van der Waals surface area contributed by atoms with Gasteiger partial charge in [-0.2, -0.15) is 0 Å². The molecule has 1 saturated carbocycles. The summed E-state index contributed by atoms with van der Waals surface area (Å²) in [5.74, 6) is 0.833. The van der Waals surface area contributed by atoms with Crippen LogP contribution in [0.1, 0.15) is 41.6 Å². The van der Waals surface area contributed by atoms with Gasteiger partial charge in [-0.25, -0.2) is 0 Å². The summed E-state index contributed by atoms with van der Waals surface area (Å²) in [6.45, 7) is 0.779. The molecule has 0 aliphatic heterocycles. The first-order valence-electron chi connectivity index (χ1n) is 8.87. The Kier molecular flexibility index (Phi) is 5.88. The van der Waals surface area contributed by atoms with Crippen LogP contribution >= 0.6 is 0 Å². The number of carbonyl (C=O) groups is 1. The number of rotatable bonds is 7. The number of ether oxygens (including phenoxy) is 1. The molecule has 1 amide bonds. The van der Waals surface area contributed by atoms with Crippen LogP contribution in [0, 0.1) is 0 Å². The Morgan fingerprint density at radius 1 is 1.20 bits per heavy atom. The van der Waals surface area contributed by atoms with Crippen molar-refractivity contribution in [2.45, 2.75) is 38.1 Å². The minimum absolute atomic E-state index is 0.0294. The van der Waals surface area contributed by atoms with Crippen LogP contribution < -0.4 is 15.4 Å². The highest BCUT2D eigenvalue weighted by molar-refractivity contribution is 5.94. The molecule has 25 heavy (non-hydrogen) atoms. The van der Waals surface area contributed by atoms with Crippen molar-refractivity contribution in [2.75, 3.05) is 19.0 Å². The average molecular weight is 339 g/mol. The molecule has 3 rings (SSSR count). The third kappa shape index (κ3) is 4.95. The summed E-state index contributed by atoms with van der Waals surface area (Å²) in [5, 5.41) is 6.43. The van der Waals surface area contributed by atoms with E-state index in [2.05, 4.69) is 27.8 Å². The van der Waals surface area contributed by atoms with Crippen molar-refractivity contribution in [3.05, 3.63) is 53.9 Å². The van der Waals surface area contributed by atoms with E-state index in [0.717, 1.165) is 37.2 Å². The number of hydrogen-bond donors (Lipinski definition) is 2. The fraction of sp³-hybridized carbons (Fsp3) is 0.400. The molecule has 1 heterocycles. The van der Waals surface area contributed by atoms with Crippen molar-refractivity contribution in [1.29, 1.82) is 0 Å². The van der Waals surface area contributed by atoms with Gasteiger partial charge in [0.1, 0.15) is 5.75 Å². The van der Waals surface area contributed by atoms with Gasteiger partial charge in [0.25, 0.3) is 5.91 Å². The second kappa shape index (κ2) is 8.51. The SMILES string of the molecule is COc1ccc(CCNc2cncc(C(=O)NC3CCCC3)c2)cc1. The van der Waals surface area contributed by atoms with Gasteiger partial charge >= 0.3 is 0 Å². The van der Waals surface area contributed by atoms with Crippen LogP contribution in [0.25, 0.3) is 0 Å². The van der Waals surface area contributed by atoms with Crippen molar-refractivity contribution in [1.82, 2.24) is 10.3 Å². The lowest BCUT2D eigenvalue weighted by molar-refractivity contribution is 0.0937. The molecule has 1 aromatic heterocycles. The molecule has 0 spiro atoms. The molecule has 2 aromatic rings. The van der Waals surface area contributed by atoms with Crippen LogP contribution in [0.2, 0.25) is 0 Å². The number of aromatic nitrogens is 1. The Morgan fingerprint density at radius 2 is 1.96 bits per heavy atom. The van der Waals surface area contributed by atoms with Gasteiger partial charge in [-0.05, 0) is 43.0 Å². The monoisotopic (exact) mass is 339 g/mol. The molecule has 0 radical (unpaired) electrons. The van der Waals surface area contributed by atoms with Gasteiger partial charge in [0.2, 0.25) is 0 Å². The van der Waals surface area contributed by atoms with Gasteiger partial charge in [0, 0.05) is 25.0 Å². The molecule has 0 bridgehead atoms. The molecule has 1 aromatic carbocycles. The summed E-state index contributed by atoms with van der Waals surface area (Å²) in [7, 11) is 1.67. The lowest BCUT2D eigenvalue weighted by Gasteiger charge is -2.12. The highest BCUT2D eigenvalue weighted by Gasteiger charge is 2.18. The van der Waals surface area contributed by atoms with Gasteiger partial charge in [-0.15, -0.1) is 0 Å². The molecule has 0 unspecified atom stereocenters. The fourth-order valence-electron chi connectivity index (χ4n) is 3.14. The molecule has 5 nitrogen and oxygen atoms in total. The second-order valence-corrected chi connectivity index (χ2v) is 6.44. The summed E-state index contributed by atoms with van der Waals surface area (Å²) < 4.78 is 5.16. The maximum atomic E-state index is 12.3. The molecule has 1 aliphatic rings. The van der Waals surface area contributed by atoms with E-state index >= 15 is 0 Å². The molecule has 1 fully saturated rings. The molecule has 0 atom stereocenters. The van der Waals surface area contributed by atoms with Crippen LogP contribution in [0.3, 0.4) is 0 Å². The highest BCUT2D eigenvalue weighted by Crippen LogP contribution is 2.18. The van der Waals surface area contributed by atoms with E-state index < -0.39 is 0 Å². The molecule has 2 N–H and O–H groups in total. The van der Waals surface area contributed by atoms with Crippen molar-refractivity contribution in [3.8, 4) is 5.75 Å². The molecule has 0 saturated heterocycles. The van der Waals surface area contributed by atoms with E-state index in [4.69, 9.17) is 4.74 Å². The van der Waals surface area contributed by atoms with E-state index in [1.54, 1.807) is 19.5 Å². The lowest BCUT2D eigenvalue weighted by Crippen LogP contribution is -2.32. The number of methoxy groups -OCH3 is 1. The summed E-state index contributed by atoms with van der Waals surface area (Å²) in [6, 6.07) is 10.2. The van der Waals surface area contributed by atoms with Crippen LogP contribution in [0.4, 0.5) is 5.69 Å². The molecule has 132 valence electrons. The smallest absolute Gasteiger partial charge is 0.253 e. The Balaban J connectivity index is 1.51. The third-order valence-electron chi connectivity index (χ3n) is 4.59. The first-order chi connectivity index (χ1) is 12.2. The number of anilines is 1.